The zero-order chi connectivity index (χ0) is 18.1. The summed E-state index contributed by atoms with van der Waals surface area (Å²) in [6.45, 7) is 0. The summed E-state index contributed by atoms with van der Waals surface area (Å²) in [6.07, 6.45) is 1.67. The minimum atomic E-state index is -3.82. The Bertz CT molecular complexity index is 1020. The number of hydrogen-bond acceptors (Lipinski definition) is 5. The van der Waals surface area contributed by atoms with Gasteiger partial charge >= 0.3 is 0 Å². The summed E-state index contributed by atoms with van der Waals surface area (Å²) in [5, 5.41) is 8.75. The van der Waals surface area contributed by atoms with E-state index < -0.39 is 20.0 Å². The molecule has 1 fully saturated rings. The second kappa shape index (κ2) is 6.48. The number of nitrogens with one attached hydrogen (secondary N) is 2. The molecule has 25 heavy (non-hydrogen) atoms. The lowest BCUT2D eigenvalue weighted by Gasteiger charge is -2.10. The monoisotopic (exact) mass is 377 g/mol. The van der Waals surface area contributed by atoms with Gasteiger partial charge in [0, 0.05) is 11.7 Å². The molecule has 0 amide bonds. The van der Waals surface area contributed by atoms with Gasteiger partial charge in [0.1, 0.15) is 0 Å². The molecular formula is C16H15N3O4S2. The zero-order valence-corrected chi connectivity index (χ0v) is 14.6. The summed E-state index contributed by atoms with van der Waals surface area (Å²) in [6, 6.07) is 12.9. The van der Waals surface area contributed by atoms with Crippen LogP contribution >= 0.6 is 0 Å². The Kier molecular flexibility index (Phi) is 4.51. The Morgan fingerprint density at radius 3 is 1.88 bits per heavy atom. The lowest BCUT2D eigenvalue weighted by Crippen LogP contribution is -2.25. The van der Waals surface area contributed by atoms with Crippen molar-refractivity contribution in [2.45, 2.75) is 28.7 Å². The number of hydrogen-bond donors (Lipinski definition) is 2. The standard InChI is InChI=1S/C16H15N3O4S2/c17-11-12-1-7-15(8-2-12)24(20,21)19-14-5-9-16(10-6-14)25(22,23)18-13-3-4-13/h1-2,5-10,13,18-19H,3-4H2. The molecule has 130 valence electrons. The van der Waals surface area contributed by atoms with E-state index in [1.807, 2.05) is 6.07 Å². The fourth-order valence-electron chi connectivity index (χ4n) is 2.11. The van der Waals surface area contributed by atoms with Crippen LogP contribution in [0.25, 0.3) is 0 Å². The van der Waals surface area contributed by atoms with E-state index in [-0.39, 0.29) is 21.5 Å². The quantitative estimate of drug-likeness (QED) is 0.796. The van der Waals surface area contributed by atoms with Crippen molar-refractivity contribution in [1.82, 2.24) is 4.72 Å². The molecule has 0 aliphatic heterocycles. The Hall–Kier alpha value is -2.41. The van der Waals surface area contributed by atoms with Crippen molar-refractivity contribution in [2.24, 2.45) is 0 Å². The molecule has 0 saturated heterocycles. The summed E-state index contributed by atoms with van der Waals surface area (Å²) in [7, 11) is -7.40. The van der Waals surface area contributed by atoms with Gasteiger partial charge in [0.2, 0.25) is 10.0 Å². The maximum absolute atomic E-state index is 12.3. The second-order valence-corrected chi connectivity index (χ2v) is 9.06. The third-order valence-corrected chi connectivity index (χ3v) is 6.54. The number of benzene rings is 2. The summed E-state index contributed by atoms with van der Waals surface area (Å²) >= 11 is 0. The van der Waals surface area contributed by atoms with Crippen molar-refractivity contribution in [2.75, 3.05) is 4.72 Å². The van der Waals surface area contributed by atoms with E-state index in [4.69, 9.17) is 5.26 Å². The molecule has 3 rings (SSSR count). The lowest BCUT2D eigenvalue weighted by molar-refractivity contribution is 0.581. The normalized spacial score (nSPS) is 14.7. The predicted octanol–water partition coefficient (Wildman–Crippen LogP) is 1.80. The first-order valence-electron chi connectivity index (χ1n) is 7.45. The van der Waals surface area contributed by atoms with Crippen molar-refractivity contribution < 1.29 is 16.8 Å². The first kappa shape index (κ1) is 17.4. The highest BCUT2D eigenvalue weighted by molar-refractivity contribution is 7.92. The van der Waals surface area contributed by atoms with E-state index in [9.17, 15) is 16.8 Å². The fourth-order valence-corrected chi connectivity index (χ4v) is 4.48. The molecule has 0 atom stereocenters. The highest BCUT2D eigenvalue weighted by Crippen LogP contribution is 2.23. The van der Waals surface area contributed by atoms with Gasteiger partial charge in [-0.15, -0.1) is 0 Å². The highest BCUT2D eigenvalue weighted by atomic mass is 32.2. The maximum Gasteiger partial charge on any atom is 0.261 e. The van der Waals surface area contributed by atoms with Crippen LogP contribution in [0.5, 0.6) is 0 Å². The number of nitrogens with zero attached hydrogens (tertiary/aromatic N) is 1. The Balaban J connectivity index is 1.77. The van der Waals surface area contributed by atoms with Crippen LogP contribution in [0.15, 0.2) is 58.3 Å². The Morgan fingerprint density at radius 1 is 0.840 bits per heavy atom. The number of nitriles is 1. The van der Waals surface area contributed by atoms with Crippen LogP contribution in [0.2, 0.25) is 0 Å². The Labute approximate surface area is 146 Å². The van der Waals surface area contributed by atoms with Gasteiger partial charge in [0.05, 0.1) is 21.4 Å². The fraction of sp³-hybridized carbons (Fsp3) is 0.188. The maximum atomic E-state index is 12.3. The average Bonchev–Trinajstić information content (AvgIpc) is 3.38. The van der Waals surface area contributed by atoms with Crippen molar-refractivity contribution in [3.8, 4) is 6.07 Å². The van der Waals surface area contributed by atoms with Gasteiger partial charge in [-0.25, -0.2) is 21.6 Å². The molecule has 7 nitrogen and oxygen atoms in total. The molecule has 2 aromatic carbocycles. The van der Waals surface area contributed by atoms with Gasteiger partial charge in [0.15, 0.2) is 0 Å². The summed E-state index contributed by atoms with van der Waals surface area (Å²) in [5.41, 5.74) is 0.603. The molecule has 9 heteroatoms. The van der Waals surface area contributed by atoms with Gasteiger partial charge in [-0.1, -0.05) is 0 Å². The van der Waals surface area contributed by atoms with Crippen LogP contribution in [0.1, 0.15) is 18.4 Å². The van der Waals surface area contributed by atoms with Gasteiger partial charge in [-0.3, -0.25) is 4.72 Å². The average molecular weight is 377 g/mol. The minimum absolute atomic E-state index is 0.000406. The van der Waals surface area contributed by atoms with E-state index in [0.29, 0.717) is 5.56 Å². The van der Waals surface area contributed by atoms with Crippen molar-refractivity contribution >= 4 is 25.7 Å². The largest absolute Gasteiger partial charge is 0.280 e. The number of sulfonamides is 2. The summed E-state index contributed by atoms with van der Waals surface area (Å²) < 4.78 is 53.7. The topological polar surface area (TPSA) is 116 Å². The van der Waals surface area contributed by atoms with Crippen molar-refractivity contribution in [3.05, 3.63) is 54.1 Å². The SMILES string of the molecule is N#Cc1ccc(S(=O)(=O)Nc2ccc(S(=O)(=O)NC3CC3)cc2)cc1. The molecule has 1 aliphatic carbocycles. The van der Waals surface area contributed by atoms with Gasteiger partial charge in [-0.2, -0.15) is 5.26 Å². The first-order valence-corrected chi connectivity index (χ1v) is 10.4. The number of rotatable bonds is 6. The van der Waals surface area contributed by atoms with E-state index in [2.05, 4.69) is 9.44 Å². The lowest BCUT2D eigenvalue weighted by atomic mass is 10.2. The molecule has 2 N–H and O–H groups in total. The van der Waals surface area contributed by atoms with Crippen LogP contribution in [-0.4, -0.2) is 22.9 Å². The second-order valence-electron chi connectivity index (χ2n) is 5.66. The van der Waals surface area contributed by atoms with Crippen LogP contribution < -0.4 is 9.44 Å². The van der Waals surface area contributed by atoms with Gasteiger partial charge in [-0.05, 0) is 61.4 Å². The Morgan fingerprint density at radius 2 is 1.36 bits per heavy atom. The summed E-state index contributed by atoms with van der Waals surface area (Å²) in [5.74, 6) is 0. The number of anilines is 1. The molecule has 2 aromatic rings. The highest BCUT2D eigenvalue weighted by Gasteiger charge is 2.27. The zero-order valence-electron chi connectivity index (χ0n) is 13.0. The van der Waals surface area contributed by atoms with E-state index >= 15 is 0 Å². The third kappa shape index (κ3) is 4.17. The van der Waals surface area contributed by atoms with Crippen LogP contribution in [0.3, 0.4) is 0 Å². The van der Waals surface area contributed by atoms with E-state index in [0.717, 1.165) is 12.8 Å². The van der Waals surface area contributed by atoms with Gasteiger partial charge in [0.25, 0.3) is 10.0 Å². The minimum Gasteiger partial charge on any atom is -0.280 e. The van der Waals surface area contributed by atoms with E-state index in [1.165, 1.54) is 48.5 Å². The smallest absolute Gasteiger partial charge is 0.261 e. The molecule has 0 radical (unpaired) electrons. The molecule has 0 heterocycles. The molecule has 1 aliphatic rings. The molecule has 0 spiro atoms. The van der Waals surface area contributed by atoms with Crippen LogP contribution in [-0.2, 0) is 20.0 Å². The van der Waals surface area contributed by atoms with Gasteiger partial charge < -0.3 is 0 Å². The van der Waals surface area contributed by atoms with Crippen LogP contribution in [0.4, 0.5) is 5.69 Å². The van der Waals surface area contributed by atoms with Crippen molar-refractivity contribution in [3.63, 3.8) is 0 Å². The van der Waals surface area contributed by atoms with Crippen molar-refractivity contribution in [1.29, 1.82) is 5.26 Å². The van der Waals surface area contributed by atoms with Crippen LogP contribution in [0, 0.1) is 11.3 Å². The molecule has 0 bridgehead atoms. The molecule has 0 unspecified atom stereocenters. The summed E-state index contributed by atoms with van der Waals surface area (Å²) in [4.78, 5) is 0.0966. The molecule has 0 aromatic heterocycles. The van der Waals surface area contributed by atoms with E-state index in [1.54, 1.807) is 0 Å². The third-order valence-electron chi connectivity index (χ3n) is 3.61. The molecule has 1 saturated carbocycles. The first-order chi connectivity index (χ1) is 11.8. The predicted molar refractivity (Wildman–Crippen MR) is 91.8 cm³/mol. The molecular weight excluding hydrogens is 362 g/mol.